The van der Waals surface area contributed by atoms with Gasteiger partial charge in [0.15, 0.2) is 0 Å². The average Bonchev–Trinajstić information content (AvgIpc) is 2.84. The average molecular weight is 286 g/mol. The Morgan fingerprint density at radius 2 is 2.16 bits per heavy atom. The zero-order valence-electron chi connectivity index (χ0n) is 11.0. The molecule has 0 spiro atoms. The Morgan fingerprint density at radius 3 is 2.74 bits per heavy atom. The molecule has 7 heteroatoms. The summed E-state index contributed by atoms with van der Waals surface area (Å²) in [5, 5.41) is 0. The molecule has 6 nitrogen and oxygen atoms in total. The molecule has 0 bridgehead atoms. The number of hydrogen-bond acceptors (Lipinski definition) is 5. The van der Waals surface area contributed by atoms with Crippen LogP contribution in [-0.2, 0) is 14.8 Å². The summed E-state index contributed by atoms with van der Waals surface area (Å²) in [6.45, 7) is 1.16. The number of benzene rings is 1. The van der Waals surface area contributed by atoms with E-state index in [1.54, 1.807) is 6.07 Å². The molecule has 0 radical (unpaired) electrons. The van der Waals surface area contributed by atoms with Crippen molar-refractivity contribution in [2.75, 3.05) is 33.0 Å². The summed E-state index contributed by atoms with van der Waals surface area (Å²) in [6.07, 6.45) is 0.712. The molecule has 1 aromatic rings. The van der Waals surface area contributed by atoms with Gasteiger partial charge >= 0.3 is 0 Å². The summed E-state index contributed by atoms with van der Waals surface area (Å²) < 4.78 is 36.1. The van der Waals surface area contributed by atoms with Gasteiger partial charge in [-0.3, -0.25) is 0 Å². The van der Waals surface area contributed by atoms with E-state index in [0.29, 0.717) is 24.7 Å². The molecule has 19 heavy (non-hydrogen) atoms. The Kier molecular flexibility index (Phi) is 3.98. The fourth-order valence-corrected chi connectivity index (χ4v) is 2.69. The fraction of sp³-hybridized carbons (Fsp3) is 0.500. The third-order valence-electron chi connectivity index (χ3n) is 2.95. The molecule has 1 atom stereocenters. The van der Waals surface area contributed by atoms with Gasteiger partial charge in [0.1, 0.15) is 11.9 Å². The van der Waals surface area contributed by atoms with E-state index in [9.17, 15) is 8.42 Å². The zero-order valence-corrected chi connectivity index (χ0v) is 11.8. The van der Waals surface area contributed by atoms with Gasteiger partial charge in [-0.2, -0.15) is 0 Å². The lowest BCUT2D eigenvalue weighted by Gasteiger charge is -2.16. The van der Waals surface area contributed by atoms with Crippen LogP contribution in [0.4, 0.5) is 5.69 Å². The second-order valence-corrected chi connectivity index (χ2v) is 6.74. The van der Waals surface area contributed by atoms with E-state index in [2.05, 4.69) is 0 Å². The Bertz CT molecular complexity index is 551. The predicted molar refractivity (Wildman–Crippen MR) is 71.6 cm³/mol. The molecular formula is C12H18N2O4S. The van der Waals surface area contributed by atoms with Gasteiger partial charge < -0.3 is 15.2 Å². The third kappa shape index (κ3) is 2.99. The van der Waals surface area contributed by atoms with E-state index in [1.165, 1.54) is 26.2 Å². The molecule has 0 amide bonds. The minimum atomic E-state index is -3.48. The number of anilines is 1. The summed E-state index contributed by atoms with van der Waals surface area (Å²) >= 11 is 0. The molecule has 0 aromatic heterocycles. The van der Waals surface area contributed by atoms with Crippen molar-refractivity contribution in [3.05, 3.63) is 18.2 Å². The highest BCUT2D eigenvalue weighted by Crippen LogP contribution is 2.28. The largest absolute Gasteiger partial charge is 0.486 e. The van der Waals surface area contributed by atoms with Gasteiger partial charge in [-0.1, -0.05) is 0 Å². The lowest BCUT2D eigenvalue weighted by molar-refractivity contribution is 0.141. The number of ether oxygens (including phenoxy) is 2. The second kappa shape index (κ2) is 5.36. The summed E-state index contributed by atoms with van der Waals surface area (Å²) in [5.41, 5.74) is 6.23. The predicted octanol–water partition coefficient (Wildman–Crippen LogP) is 0.687. The zero-order chi connectivity index (χ0) is 14.0. The number of sulfonamides is 1. The van der Waals surface area contributed by atoms with Gasteiger partial charge in [-0.15, -0.1) is 0 Å². The van der Waals surface area contributed by atoms with Crippen LogP contribution in [0.2, 0.25) is 0 Å². The topological polar surface area (TPSA) is 81.9 Å². The Balaban J connectivity index is 2.29. The molecule has 1 aromatic carbocycles. The maximum absolute atomic E-state index is 12.0. The summed E-state index contributed by atoms with van der Waals surface area (Å²) in [7, 11) is -0.517. The summed E-state index contributed by atoms with van der Waals surface area (Å²) in [6, 6.07) is 4.48. The summed E-state index contributed by atoms with van der Waals surface area (Å²) in [4.78, 5) is 0.167. The molecule has 0 saturated carbocycles. The van der Waals surface area contributed by atoms with Crippen LogP contribution in [0.1, 0.15) is 6.42 Å². The van der Waals surface area contributed by atoms with Crippen LogP contribution in [0.5, 0.6) is 5.75 Å². The first kappa shape index (κ1) is 14.1. The van der Waals surface area contributed by atoms with Crippen LogP contribution in [-0.4, -0.2) is 46.1 Å². The molecule has 1 heterocycles. The van der Waals surface area contributed by atoms with E-state index in [1.807, 2.05) is 0 Å². The Morgan fingerprint density at radius 1 is 1.42 bits per heavy atom. The molecule has 1 aliphatic heterocycles. The summed E-state index contributed by atoms with van der Waals surface area (Å²) in [5.74, 6) is 0.387. The molecule has 1 fully saturated rings. The standard InChI is InChI=1S/C12H18N2O4S/c1-14(2)19(15,16)10-3-4-11(13)12(7-10)18-9-5-6-17-8-9/h3-4,7,9H,5-6,8,13H2,1-2H3. The van der Waals surface area contributed by atoms with Crippen molar-refractivity contribution < 1.29 is 17.9 Å². The highest BCUT2D eigenvalue weighted by molar-refractivity contribution is 7.89. The van der Waals surface area contributed by atoms with E-state index in [0.717, 1.165) is 10.7 Å². The van der Waals surface area contributed by atoms with Crippen LogP contribution in [0.25, 0.3) is 0 Å². The molecule has 0 aliphatic carbocycles. The van der Waals surface area contributed by atoms with Gasteiger partial charge in [0, 0.05) is 26.6 Å². The monoisotopic (exact) mass is 286 g/mol. The quantitative estimate of drug-likeness (QED) is 0.823. The number of nitrogens with two attached hydrogens (primary N) is 1. The number of nitrogens with zero attached hydrogens (tertiary/aromatic N) is 1. The first-order chi connectivity index (χ1) is 8.91. The van der Waals surface area contributed by atoms with Crippen LogP contribution in [0, 0.1) is 0 Å². The molecule has 1 saturated heterocycles. The molecular weight excluding hydrogens is 268 g/mol. The maximum atomic E-state index is 12.0. The SMILES string of the molecule is CN(C)S(=O)(=O)c1ccc(N)c(OC2CCOC2)c1. The molecule has 1 unspecified atom stereocenters. The lowest BCUT2D eigenvalue weighted by atomic mass is 10.2. The smallest absolute Gasteiger partial charge is 0.242 e. The van der Waals surface area contributed by atoms with Crippen molar-refractivity contribution in [1.82, 2.24) is 4.31 Å². The number of rotatable bonds is 4. The van der Waals surface area contributed by atoms with Crippen molar-refractivity contribution in [3.8, 4) is 5.75 Å². The van der Waals surface area contributed by atoms with E-state index in [-0.39, 0.29) is 11.0 Å². The molecule has 2 N–H and O–H groups in total. The minimum Gasteiger partial charge on any atom is -0.486 e. The normalized spacial score (nSPS) is 19.8. The van der Waals surface area contributed by atoms with E-state index < -0.39 is 10.0 Å². The van der Waals surface area contributed by atoms with Gasteiger partial charge in [0.2, 0.25) is 10.0 Å². The van der Waals surface area contributed by atoms with Crippen molar-refractivity contribution in [1.29, 1.82) is 0 Å². The van der Waals surface area contributed by atoms with Crippen LogP contribution in [0.15, 0.2) is 23.1 Å². The third-order valence-corrected chi connectivity index (χ3v) is 4.76. The highest BCUT2D eigenvalue weighted by Gasteiger charge is 2.22. The molecule has 1 aliphatic rings. The van der Waals surface area contributed by atoms with E-state index in [4.69, 9.17) is 15.2 Å². The van der Waals surface area contributed by atoms with Crippen LogP contribution < -0.4 is 10.5 Å². The Labute approximate surface area is 113 Å². The number of hydrogen-bond donors (Lipinski definition) is 1. The van der Waals surface area contributed by atoms with Crippen molar-refractivity contribution in [2.45, 2.75) is 17.4 Å². The van der Waals surface area contributed by atoms with Gasteiger partial charge in [0.05, 0.1) is 23.8 Å². The second-order valence-electron chi connectivity index (χ2n) is 4.59. The fourth-order valence-electron chi connectivity index (χ4n) is 1.77. The van der Waals surface area contributed by atoms with E-state index >= 15 is 0 Å². The Hall–Kier alpha value is -1.31. The first-order valence-electron chi connectivity index (χ1n) is 5.97. The van der Waals surface area contributed by atoms with Crippen LogP contribution >= 0.6 is 0 Å². The molecule has 2 rings (SSSR count). The lowest BCUT2D eigenvalue weighted by Crippen LogP contribution is -2.22. The van der Waals surface area contributed by atoms with Crippen LogP contribution in [0.3, 0.4) is 0 Å². The van der Waals surface area contributed by atoms with Gasteiger partial charge in [0.25, 0.3) is 0 Å². The highest BCUT2D eigenvalue weighted by atomic mass is 32.2. The number of nitrogen functional groups attached to an aromatic ring is 1. The van der Waals surface area contributed by atoms with Crippen molar-refractivity contribution in [2.24, 2.45) is 0 Å². The van der Waals surface area contributed by atoms with Gasteiger partial charge in [-0.25, -0.2) is 12.7 Å². The minimum absolute atomic E-state index is 0.0698. The van der Waals surface area contributed by atoms with Crippen molar-refractivity contribution in [3.63, 3.8) is 0 Å². The van der Waals surface area contributed by atoms with Crippen molar-refractivity contribution >= 4 is 15.7 Å². The maximum Gasteiger partial charge on any atom is 0.242 e. The van der Waals surface area contributed by atoms with Gasteiger partial charge in [-0.05, 0) is 12.1 Å². The first-order valence-corrected chi connectivity index (χ1v) is 7.41. The molecule has 106 valence electrons.